The van der Waals surface area contributed by atoms with Gasteiger partial charge in [-0.1, -0.05) is 0 Å². The van der Waals surface area contributed by atoms with E-state index in [2.05, 4.69) is 10.6 Å². The van der Waals surface area contributed by atoms with Gasteiger partial charge in [-0.3, -0.25) is 14.9 Å². The van der Waals surface area contributed by atoms with Gasteiger partial charge in [-0.2, -0.15) is 11.3 Å². The predicted octanol–water partition coefficient (Wildman–Crippen LogP) is 1.60. The van der Waals surface area contributed by atoms with Gasteiger partial charge in [0.15, 0.2) is 6.10 Å². The summed E-state index contributed by atoms with van der Waals surface area (Å²) < 4.78 is 5.00. The summed E-state index contributed by atoms with van der Waals surface area (Å²) in [4.78, 5) is 34.7. The lowest BCUT2D eigenvalue weighted by atomic mass is 10.2. The first kappa shape index (κ1) is 15.5. The second kappa shape index (κ2) is 7.21. The van der Waals surface area contributed by atoms with Crippen LogP contribution in [0.4, 0.5) is 4.79 Å². The van der Waals surface area contributed by atoms with Crippen LogP contribution in [0.15, 0.2) is 16.8 Å². The number of thiophene rings is 1. The zero-order chi connectivity index (χ0) is 15.2. The quantitative estimate of drug-likeness (QED) is 0.782. The standard InChI is InChI=1S/C14H18N2O4S/c1-9(13(18)16-14(19)15-11-3-4-11)20-12(17)5-2-10-6-7-21-8-10/h6-9,11H,2-5H2,1H3,(H2,15,16,18,19). The number of carbonyl (C=O) groups is 3. The van der Waals surface area contributed by atoms with Gasteiger partial charge in [0.25, 0.3) is 5.91 Å². The van der Waals surface area contributed by atoms with Crippen molar-refractivity contribution in [1.29, 1.82) is 0 Å². The molecule has 1 heterocycles. The predicted molar refractivity (Wildman–Crippen MR) is 77.9 cm³/mol. The van der Waals surface area contributed by atoms with Gasteiger partial charge < -0.3 is 10.1 Å². The molecule has 6 nitrogen and oxygen atoms in total. The van der Waals surface area contributed by atoms with Gasteiger partial charge in [0.05, 0.1) is 0 Å². The Kier molecular flexibility index (Phi) is 5.32. The van der Waals surface area contributed by atoms with Crippen molar-refractivity contribution in [3.63, 3.8) is 0 Å². The molecule has 1 aromatic rings. The fourth-order valence-corrected chi connectivity index (χ4v) is 2.36. The molecule has 114 valence electrons. The van der Waals surface area contributed by atoms with E-state index in [1.165, 1.54) is 6.92 Å². The van der Waals surface area contributed by atoms with E-state index in [-0.39, 0.29) is 12.5 Å². The highest BCUT2D eigenvalue weighted by molar-refractivity contribution is 7.07. The number of esters is 1. The molecule has 2 rings (SSSR count). The zero-order valence-electron chi connectivity index (χ0n) is 11.8. The number of nitrogens with one attached hydrogen (secondary N) is 2. The Morgan fingerprint density at radius 3 is 2.81 bits per heavy atom. The number of hydrogen-bond donors (Lipinski definition) is 2. The number of ether oxygens (including phenoxy) is 1. The van der Waals surface area contributed by atoms with E-state index < -0.39 is 24.0 Å². The van der Waals surface area contributed by atoms with E-state index in [4.69, 9.17) is 4.74 Å². The smallest absolute Gasteiger partial charge is 0.321 e. The topological polar surface area (TPSA) is 84.5 Å². The van der Waals surface area contributed by atoms with Crippen molar-refractivity contribution < 1.29 is 19.1 Å². The first-order chi connectivity index (χ1) is 10.0. The van der Waals surface area contributed by atoms with Gasteiger partial charge in [-0.25, -0.2) is 4.79 Å². The molecule has 1 saturated carbocycles. The van der Waals surface area contributed by atoms with E-state index >= 15 is 0 Å². The average Bonchev–Trinajstić information content (AvgIpc) is 3.07. The number of aryl methyl sites for hydroxylation is 1. The summed E-state index contributed by atoms with van der Waals surface area (Å²) >= 11 is 1.57. The SMILES string of the molecule is CC(OC(=O)CCc1ccsc1)C(=O)NC(=O)NC1CC1. The number of urea groups is 1. The van der Waals surface area contributed by atoms with Crippen LogP contribution in [0.3, 0.4) is 0 Å². The van der Waals surface area contributed by atoms with E-state index in [0.29, 0.717) is 6.42 Å². The maximum atomic E-state index is 11.7. The van der Waals surface area contributed by atoms with E-state index in [0.717, 1.165) is 18.4 Å². The molecule has 1 fully saturated rings. The summed E-state index contributed by atoms with van der Waals surface area (Å²) in [6, 6.07) is 1.57. The summed E-state index contributed by atoms with van der Waals surface area (Å²) in [5.74, 6) is -1.07. The molecule has 7 heteroatoms. The lowest BCUT2D eigenvalue weighted by molar-refractivity contribution is -0.154. The highest BCUT2D eigenvalue weighted by Crippen LogP contribution is 2.18. The Balaban J connectivity index is 1.66. The maximum absolute atomic E-state index is 11.7. The van der Waals surface area contributed by atoms with Crippen molar-refractivity contribution in [2.75, 3.05) is 0 Å². The Bertz CT molecular complexity index is 511. The second-order valence-corrected chi connectivity index (χ2v) is 5.78. The molecule has 2 N–H and O–H groups in total. The number of imide groups is 1. The van der Waals surface area contributed by atoms with Crippen LogP contribution in [-0.4, -0.2) is 30.1 Å². The van der Waals surface area contributed by atoms with Crippen LogP contribution in [0.2, 0.25) is 0 Å². The summed E-state index contributed by atoms with van der Waals surface area (Å²) in [7, 11) is 0. The Labute approximate surface area is 126 Å². The van der Waals surface area contributed by atoms with Crippen LogP contribution in [-0.2, 0) is 20.7 Å². The van der Waals surface area contributed by atoms with E-state index in [9.17, 15) is 14.4 Å². The van der Waals surface area contributed by atoms with Crippen molar-refractivity contribution in [3.8, 4) is 0 Å². The summed E-state index contributed by atoms with van der Waals surface area (Å²) in [6.45, 7) is 1.45. The molecule has 1 unspecified atom stereocenters. The second-order valence-electron chi connectivity index (χ2n) is 5.00. The molecule has 0 bridgehead atoms. The number of carbonyl (C=O) groups excluding carboxylic acids is 3. The van der Waals surface area contributed by atoms with Gasteiger partial charge in [-0.15, -0.1) is 0 Å². The van der Waals surface area contributed by atoms with Crippen LogP contribution in [0.5, 0.6) is 0 Å². The van der Waals surface area contributed by atoms with Gasteiger partial charge in [-0.05, 0) is 48.6 Å². The van der Waals surface area contributed by atoms with Crippen LogP contribution < -0.4 is 10.6 Å². The summed E-state index contributed by atoms with van der Waals surface area (Å²) in [5, 5.41) is 8.69. The fraction of sp³-hybridized carbons (Fsp3) is 0.500. The summed E-state index contributed by atoms with van der Waals surface area (Å²) in [5.41, 5.74) is 1.07. The minimum absolute atomic E-state index is 0.168. The third-order valence-corrected chi connectivity index (χ3v) is 3.76. The van der Waals surface area contributed by atoms with E-state index in [1.54, 1.807) is 11.3 Å². The molecule has 1 aliphatic carbocycles. The van der Waals surface area contributed by atoms with Gasteiger partial charge in [0, 0.05) is 12.5 Å². The van der Waals surface area contributed by atoms with Crippen molar-refractivity contribution in [1.82, 2.24) is 10.6 Å². The maximum Gasteiger partial charge on any atom is 0.321 e. The molecular formula is C14H18N2O4S. The molecule has 0 aromatic carbocycles. The number of rotatable bonds is 6. The number of amides is 3. The molecule has 21 heavy (non-hydrogen) atoms. The lowest BCUT2D eigenvalue weighted by Gasteiger charge is -2.13. The normalized spacial score (nSPS) is 15.1. The molecule has 0 radical (unpaired) electrons. The average molecular weight is 310 g/mol. The van der Waals surface area contributed by atoms with Crippen molar-refractivity contribution >= 4 is 29.2 Å². The molecule has 0 aliphatic heterocycles. The third-order valence-electron chi connectivity index (χ3n) is 3.02. The van der Waals surface area contributed by atoms with Crippen molar-refractivity contribution in [2.24, 2.45) is 0 Å². The molecule has 1 aliphatic rings. The highest BCUT2D eigenvalue weighted by atomic mass is 32.1. The zero-order valence-corrected chi connectivity index (χ0v) is 12.6. The van der Waals surface area contributed by atoms with Gasteiger partial charge >= 0.3 is 12.0 Å². The van der Waals surface area contributed by atoms with Crippen LogP contribution >= 0.6 is 11.3 Å². The van der Waals surface area contributed by atoms with Crippen LogP contribution in [0.1, 0.15) is 31.7 Å². The number of hydrogen-bond acceptors (Lipinski definition) is 5. The largest absolute Gasteiger partial charge is 0.453 e. The third kappa shape index (κ3) is 5.55. The first-order valence-corrected chi connectivity index (χ1v) is 7.81. The molecule has 1 aromatic heterocycles. The van der Waals surface area contributed by atoms with E-state index in [1.807, 2.05) is 16.8 Å². The Morgan fingerprint density at radius 2 is 2.19 bits per heavy atom. The highest BCUT2D eigenvalue weighted by Gasteiger charge is 2.25. The van der Waals surface area contributed by atoms with Crippen molar-refractivity contribution in [2.45, 2.75) is 44.8 Å². The van der Waals surface area contributed by atoms with Crippen LogP contribution in [0, 0.1) is 0 Å². The monoisotopic (exact) mass is 310 g/mol. The minimum atomic E-state index is -0.982. The Hall–Kier alpha value is -1.89. The van der Waals surface area contributed by atoms with Gasteiger partial charge in [0.1, 0.15) is 0 Å². The molecular weight excluding hydrogens is 292 g/mol. The fourth-order valence-electron chi connectivity index (χ4n) is 1.65. The summed E-state index contributed by atoms with van der Waals surface area (Å²) in [6.07, 6.45) is 1.69. The molecule has 3 amide bonds. The van der Waals surface area contributed by atoms with Crippen LogP contribution in [0.25, 0.3) is 0 Å². The minimum Gasteiger partial charge on any atom is -0.453 e. The molecule has 0 spiro atoms. The molecule has 1 atom stereocenters. The first-order valence-electron chi connectivity index (χ1n) is 6.86. The lowest BCUT2D eigenvalue weighted by Crippen LogP contribution is -2.45. The molecule has 0 saturated heterocycles. The van der Waals surface area contributed by atoms with Gasteiger partial charge in [0.2, 0.25) is 0 Å². The van der Waals surface area contributed by atoms with Crippen molar-refractivity contribution in [3.05, 3.63) is 22.4 Å². The Morgan fingerprint density at radius 1 is 1.43 bits per heavy atom.